The summed E-state index contributed by atoms with van der Waals surface area (Å²) in [6.07, 6.45) is 4.09. The Labute approximate surface area is 258 Å². The van der Waals surface area contributed by atoms with Gasteiger partial charge in [0.05, 0.1) is 17.9 Å². The summed E-state index contributed by atoms with van der Waals surface area (Å²) in [5, 5.41) is 0.599. The van der Waals surface area contributed by atoms with Gasteiger partial charge in [-0.25, -0.2) is 9.78 Å². The monoisotopic (exact) mass is 659 g/mol. The zero-order chi connectivity index (χ0) is 31.1. The van der Waals surface area contributed by atoms with Crippen molar-refractivity contribution >= 4 is 39.3 Å². The minimum atomic E-state index is -3.84. The number of carbonyl (C=O) groups is 1. The number of ether oxygens (including phenoxy) is 3. The Morgan fingerprint density at radius 1 is 1.05 bits per heavy atom. The average molecular weight is 661 g/mol. The molecule has 1 fully saturated rings. The summed E-state index contributed by atoms with van der Waals surface area (Å²) in [6.45, 7) is -2.45. The smallest absolute Gasteiger partial charge is 0.387 e. The summed E-state index contributed by atoms with van der Waals surface area (Å²) in [7, 11) is -0.347. The third-order valence-electron chi connectivity index (χ3n) is 6.46. The molecule has 0 aliphatic heterocycles. The fraction of sp³-hybridized carbons (Fsp3) is 0.379. The Bertz CT molecular complexity index is 1500. The van der Waals surface area contributed by atoms with Crippen LogP contribution >= 0.6 is 23.2 Å². The molecule has 232 valence electrons. The predicted octanol–water partition coefficient (Wildman–Crippen LogP) is 5.61. The van der Waals surface area contributed by atoms with Gasteiger partial charge in [0, 0.05) is 18.5 Å². The second-order valence-electron chi connectivity index (χ2n) is 10.2. The van der Waals surface area contributed by atoms with E-state index in [9.17, 15) is 22.0 Å². The summed E-state index contributed by atoms with van der Waals surface area (Å²) in [4.78, 5) is 17.8. The van der Waals surface area contributed by atoms with Crippen LogP contribution in [-0.4, -0.2) is 58.9 Å². The molecule has 43 heavy (non-hydrogen) atoms. The first kappa shape index (κ1) is 32.7. The van der Waals surface area contributed by atoms with E-state index < -0.39 is 28.8 Å². The van der Waals surface area contributed by atoms with Crippen molar-refractivity contribution in [2.45, 2.75) is 32.0 Å². The number of benzene rings is 2. The number of esters is 1. The van der Waals surface area contributed by atoms with Crippen molar-refractivity contribution in [3.63, 3.8) is 0 Å². The Kier molecular flexibility index (Phi) is 11.0. The molecule has 0 saturated heterocycles. The number of rotatable bonds is 15. The first-order valence-corrected chi connectivity index (χ1v) is 15.7. The molecule has 3 aromatic rings. The van der Waals surface area contributed by atoms with Crippen LogP contribution in [0.3, 0.4) is 0 Å². The van der Waals surface area contributed by atoms with E-state index >= 15 is 0 Å². The molecule has 1 aliphatic carbocycles. The summed E-state index contributed by atoms with van der Waals surface area (Å²) < 4.78 is 72.0. The number of pyridine rings is 1. The molecule has 0 bridgehead atoms. The maximum atomic E-state index is 13.3. The van der Waals surface area contributed by atoms with Crippen LogP contribution in [0, 0.1) is 5.92 Å². The molecule has 0 amide bonds. The van der Waals surface area contributed by atoms with Crippen LogP contribution in [-0.2, 0) is 21.3 Å². The minimum absolute atomic E-state index is 0.0398. The van der Waals surface area contributed by atoms with Gasteiger partial charge in [-0.3, -0.25) is 0 Å². The second kappa shape index (κ2) is 14.5. The van der Waals surface area contributed by atoms with Crippen molar-refractivity contribution < 1.29 is 45.4 Å². The van der Waals surface area contributed by atoms with E-state index in [0.717, 1.165) is 12.8 Å². The molecular formula is C29H31Cl2F2N2O7S+. The molecule has 14 heteroatoms. The van der Waals surface area contributed by atoms with Crippen LogP contribution in [0.4, 0.5) is 8.78 Å². The highest BCUT2D eigenvalue weighted by Gasteiger charge is 2.26. The van der Waals surface area contributed by atoms with Crippen LogP contribution in [0.1, 0.15) is 40.4 Å². The van der Waals surface area contributed by atoms with Crippen LogP contribution in [0.15, 0.2) is 54.9 Å². The Hall–Kier alpha value is -3.19. The average Bonchev–Trinajstić information content (AvgIpc) is 3.77. The van der Waals surface area contributed by atoms with E-state index in [-0.39, 0.29) is 41.5 Å². The molecule has 0 spiro atoms. The number of alkyl halides is 2. The molecule has 1 aromatic heterocycles. The summed E-state index contributed by atoms with van der Waals surface area (Å²) in [6, 6.07) is 9.75. The number of nitrogens with zero attached hydrogens (tertiary/aromatic N) is 1. The van der Waals surface area contributed by atoms with Crippen molar-refractivity contribution in [3.05, 3.63) is 81.6 Å². The lowest BCUT2D eigenvalue weighted by Crippen LogP contribution is -2.24. The van der Waals surface area contributed by atoms with Gasteiger partial charge in [-0.1, -0.05) is 29.3 Å². The maximum Gasteiger partial charge on any atom is 0.387 e. The number of halogens is 4. The van der Waals surface area contributed by atoms with Crippen LogP contribution in [0.5, 0.6) is 17.2 Å². The van der Waals surface area contributed by atoms with Gasteiger partial charge in [0.1, 0.15) is 21.9 Å². The SMILES string of the molecule is CN(C)CCS(=O)(=O)Oc1ccc(C(=O)O[C@@H](Cc2c(Cl)c[nH+]cc2Cl)c2ccc(OC(F)F)c(OCC3CC3)c2)cc1. The third kappa shape index (κ3) is 9.92. The van der Waals surface area contributed by atoms with Gasteiger partial charge in [-0.15, -0.1) is 0 Å². The summed E-state index contributed by atoms with van der Waals surface area (Å²) >= 11 is 12.8. The fourth-order valence-electron chi connectivity index (χ4n) is 3.93. The van der Waals surface area contributed by atoms with Gasteiger partial charge in [0.2, 0.25) is 0 Å². The van der Waals surface area contributed by atoms with Crippen molar-refractivity contribution in [3.8, 4) is 17.2 Å². The molecule has 1 N–H and O–H groups in total. The van der Waals surface area contributed by atoms with Crippen LogP contribution in [0.25, 0.3) is 0 Å². The number of nitrogens with one attached hydrogen (secondary N) is 1. The lowest BCUT2D eigenvalue weighted by Gasteiger charge is -2.21. The van der Waals surface area contributed by atoms with E-state index in [0.29, 0.717) is 33.7 Å². The van der Waals surface area contributed by atoms with Crippen LogP contribution in [0.2, 0.25) is 10.0 Å². The predicted molar refractivity (Wildman–Crippen MR) is 156 cm³/mol. The zero-order valence-corrected chi connectivity index (χ0v) is 25.7. The summed E-state index contributed by atoms with van der Waals surface area (Å²) in [5.74, 6) is -0.633. The molecule has 0 unspecified atom stereocenters. The molecule has 1 heterocycles. The number of H-pyrrole nitrogens is 1. The standard InChI is InChI=1S/C29H30Cl2F2N2O7S/c1-35(2)11-12-43(37,38)42-21-8-5-19(6-9-21)28(36)40-26(14-22-23(30)15-34-16-24(22)31)20-7-10-25(41-29(32)33)27(13-20)39-17-18-3-4-18/h5-10,13,15-16,18,26,29H,3-4,11-12,14,17H2,1-2H3/p+1/t26-/m0/s1. The molecule has 9 nitrogen and oxygen atoms in total. The Morgan fingerprint density at radius 2 is 1.72 bits per heavy atom. The second-order valence-corrected chi connectivity index (χ2v) is 12.7. The number of aromatic nitrogens is 1. The van der Waals surface area contributed by atoms with E-state index in [1.165, 1.54) is 54.9 Å². The van der Waals surface area contributed by atoms with E-state index in [2.05, 4.69) is 9.72 Å². The quantitative estimate of drug-likeness (QED) is 0.153. The highest BCUT2D eigenvalue weighted by molar-refractivity contribution is 7.87. The first-order valence-electron chi connectivity index (χ1n) is 13.3. The van der Waals surface area contributed by atoms with Crippen molar-refractivity contribution in [2.24, 2.45) is 5.92 Å². The third-order valence-corrected chi connectivity index (χ3v) is 8.27. The van der Waals surface area contributed by atoms with Crippen molar-refractivity contribution in [1.29, 1.82) is 0 Å². The van der Waals surface area contributed by atoms with Gasteiger partial charge in [0.15, 0.2) is 23.9 Å². The van der Waals surface area contributed by atoms with Crippen molar-refractivity contribution in [1.82, 2.24) is 4.90 Å². The first-order chi connectivity index (χ1) is 20.4. The molecule has 1 saturated carbocycles. The fourth-order valence-corrected chi connectivity index (χ4v) is 5.54. The summed E-state index contributed by atoms with van der Waals surface area (Å²) in [5.41, 5.74) is 1.03. The zero-order valence-electron chi connectivity index (χ0n) is 23.4. The molecule has 1 aliphatic rings. The number of hydrogen-bond acceptors (Lipinski definition) is 8. The Morgan fingerprint density at radius 3 is 2.33 bits per heavy atom. The van der Waals surface area contributed by atoms with E-state index in [4.69, 9.17) is 36.9 Å². The normalized spacial score (nSPS) is 14.0. The molecule has 2 aromatic carbocycles. The molecule has 0 radical (unpaired) electrons. The highest BCUT2D eigenvalue weighted by atomic mass is 35.5. The van der Waals surface area contributed by atoms with Crippen LogP contribution < -0.4 is 18.6 Å². The van der Waals surface area contributed by atoms with E-state index in [1.54, 1.807) is 19.0 Å². The van der Waals surface area contributed by atoms with Gasteiger partial charge >= 0.3 is 22.7 Å². The van der Waals surface area contributed by atoms with Gasteiger partial charge in [0.25, 0.3) is 0 Å². The minimum Gasteiger partial charge on any atom is -0.489 e. The number of hydrogen-bond donors (Lipinski definition) is 0. The van der Waals surface area contributed by atoms with Gasteiger partial charge < -0.3 is 23.3 Å². The lowest BCUT2D eigenvalue weighted by molar-refractivity contribution is -0.377. The van der Waals surface area contributed by atoms with Gasteiger partial charge in [-0.05, 0) is 74.8 Å². The lowest BCUT2D eigenvalue weighted by atomic mass is 10.0. The van der Waals surface area contributed by atoms with Crippen molar-refractivity contribution in [2.75, 3.05) is 33.0 Å². The number of carbonyl (C=O) groups excluding carboxylic acids is 1. The molecule has 4 rings (SSSR count). The maximum absolute atomic E-state index is 13.3. The van der Waals surface area contributed by atoms with E-state index in [1.807, 2.05) is 0 Å². The number of aromatic amines is 1. The molecular weight excluding hydrogens is 629 g/mol. The highest BCUT2D eigenvalue weighted by Crippen LogP contribution is 2.38. The van der Waals surface area contributed by atoms with Gasteiger partial charge in [-0.2, -0.15) is 17.2 Å². The molecule has 1 atom stereocenters. The Balaban J connectivity index is 1.58. The largest absolute Gasteiger partial charge is 0.489 e. The topological polar surface area (TPSA) is 106 Å².